The highest BCUT2D eigenvalue weighted by Crippen LogP contribution is 2.05. The lowest BCUT2D eigenvalue weighted by atomic mass is 10.1. The highest BCUT2D eigenvalue weighted by atomic mass is 32.2. The molecule has 7 heteroatoms. The van der Waals surface area contributed by atoms with Gasteiger partial charge < -0.3 is 5.11 Å². The topological polar surface area (TPSA) is 95.5 Å². The van der Waals surface area contributed by atoms with Crippen LogP contribution in [0.2, 0.25) is 0 Å². The SMILES string of the molecule is CC(C)[C@H](NS(=O)(=O)NC(C)(C)C)C(=O)O. The fourth-order valence-electron chi connectivity index (χ4n) is 1.07. The summed E-state index contributed by atoms with van der Waals surface area (Å²) < 4.78 is 27.6. The minimum Gasteiger partial charge on any atom is -0.480 e. The highest BCUT2D eigenvalue weighted by Gasteiger charge is 2.29. The van der Waals surface area contributed by atoms with E-state index in [0.717, 1.165) is 0 Å². The number of hydrogen-bond donors (Lipinski definition) is 3. The van der Waals surface area contributed by atoms with Gasteiger partial charge in [-0.25, -0.2) is 0 Å². The van der Waals surface area contributed by atoms with Gasteiger partial charge >= 0.3 is 5.97 Å². The van der Waals surface area contributed by atoms with E-state index in [0.29, 0.717) is 0 Å². The van der Waals surface area contributed by atoms with E-state index in [2.05, 4.69) is 9.44 Å². The van der Waals surface area contributed by atoms with E-state index in [-0.39, 0.29) is 5.92 Å². The van der Waals surface area contributed by atoms with Crippen molar-refractivity contribution in [3.8, 4) is 0 Å². The van der Waals surface area contributed by atoms with Gasteiger partial charge in [0.2, 0.25) is 0 Å². The van der Waals surface area contributed by atoms with E-state index < -0.39 is 27.8 Å². The van der Waals surface area contributed by atoms with E-state index in [9.17, 15) is 13.2 Å². The van der Waals surface area contributed by atoms with E-state index in [1.165, 1.54) is 0 Å². The Hall–Kier alpha value is -0.660. The summed E-state index contributed by atoms with van der Waals surface area (Å²) in [7, 11) is -3.81. The van der Waals surface area contributed by atoms with Crippen LogP contribution in [0.4, 0.5) is 0 Å². The quantitative estimate of drug-likeness (QED) is 0.656. The fourth-order valence-corrected chi connectivity index (χ4v) is 2.64. The Morgan fingerprint density at radius 2 is 1.69 bits per heavy atom. The van der Waals surface area contributed by atoms with Crippen molar-refractivity contribution in [2.24, 2.45) is 5.92 Å². The first-order chi connectivity index (χ1) is 6.94. The van der Waals surface area contributed by atoms with Crippen molar-refractivity contribution in [2.75, 3.05) is 0 Å². The monoisotopic (exact) mass is 252 g/mol. The Bertz CT molecular complexity index is 343. The van der Waals surface area contributed by atoms with Crippen LogP contribution in [0.3, 0.4) is 0 Å². The maximum absolute atomic E-state index is 11.6. The smallest absolute Gasteiger partial charge is 0.322 e. The van der Waals surface area contributed by atoms with Gasteiger partial charge in [-0.3, -0.25) is 4.79 Å². The summed E-state index contributed by atoms with van der Waals surface area (Å²) >= 11 is 0. The molecule has 1 atom stereocenters. The molecule has 0 aromatic rings. The fraction of sp³-hybridized carbons (Fsp3) is 0.889. The van der Waals surface area contributed by atoms with Crippen LogP contribution in [0.1, 0.15) is 34.6 Å². The molecule has 96 valence electrons. The average molecular weight is 252 g/mol. The molecule has 6 nitrogen and oxygen atoms in total. The second kappa shape index (κ2) is 5.11. The molecular weight excluding hydrogens is 232 g/mol. The molecule has 0 aromatic carbocycles. The van der Waals surface area contributed by atoms with E-state index >= 15 is 0 Å². The Morgan fingerprint density at radius 1 is 1.25 bits per heavy atom. The third-order valence-corrected chi connectivity index (χ3v) is 3.10. The minimum absolute atomic E-state index is 0.325. The second-order valence-electron chi connectivity index (χ2n) is 5.03. The van der Waals surface area contributed by atoms with Gasteiger partial charge in [0, 0.05) is 5.54 Å². The first-order valence-corrected chi connectivity index (χ1v) is 6.47. The Balaban J connectivity index is 4.75. The summed E-state index contributed by atoms with van der Waals surface area (Å²) in [5.74, 6) is -1.51. The summed E-state index contributed by atoms with van der Waals surface area (Å²) in [6.45, 7) is 8.31. The molecule has 0 saturated carbocycles. The first-order valence-electron chi connectivity index (χ1n) is 4.98. The Labute approximate surface area is 96.6 Å². The number of hydrogen-bond acceptors (Lipinski definition) is 3. The standard InChI is InChI=1S/C9H20N2O4S/c1-6(2)7(8(12)13)10-16(14,15)11-9(3,4)5/h6-7,10-11H,1-5H3,(H,12,13)/t7-/m0/s1. The number of carboxylic acid groups (broad SMARTS) is 1. The third-order valence-electron chi connectivity index (χ3n) is 1.66. The minimum atomic E-state index is -3.81. The lowest BCUT2D eigenvalue weighted by Gasteiger charge is -2.24. The summed E-state index contributed by atoms with van der Waals surface area (Å²) in [4.78, 5) is 10.8. The molecule has 0 heterocycles. The summed E-state index contributed by atoms with van der Waals surface area (Å²) in [6.07, 6.45) is 0. The molecule has 0 saturated heterocycles. The van der Waals surface area contributed by atoms with E-state index in [1.807, 2.05) is 0 Å². The van der Waals surface area contributed by atoms with E-state index in [1.54, 1.807) is 34.6 Å². The molecule has 0 fully saturated rings. The van der Waals surface area contributed by atoms with Crippen LogP contribution in [-0.2, 0) is 15.0 Å². The molecule has 0 radical (unpaired) electrons. The molecule has 0 unspecified atom stereocenters. The highest BCUT2D eigenvalue weighted by molar-refractivity contribution is 7.87. The van der Waals surface area contributed by atoms with Crippen LogP contribution in [-0.4, -0.2) is 31.1 Å². The molecule has 0 aliphatic carbocycles. The molecule has 0 spiro atoms. The number of rotatable bonds is 5. The van der Waals surface area contributed by atoms with Crippen LogP contribution < -0.4 is 9.44 Å². The van der Waals surface area contributed by atoms with Gasteiger partial charge in [-0.1, -0.05) is 13.8 Å². The van der Waals surface area contributed by atoms with Gasteiger partial charge in [-0.05, 0) is 26.7 Å². The van der Waals surface area contributed by atoms with Crippen molar-refractivity contribution in [3.05, 3.63) is 0 Å². The Morgan fingerprint density at radius 3 is 1.94 bits per heavy atom. The molecule has 0 rings (SSSR count). The predicted molar refractivity (Wildman–Crippen MR) is 61.2 cm³/mol. The van der Waals surface area contributed by atoms with Crippen molar-refractivity contribution in [1.29, 1.82) is 0 Å². The number of carbonyl (C=O) groups is 1. The summed E-state index contributed by atoms with van der Waals surface area (Å²) in [5.41, 5.74) is -0.647. The predicted octanol–water partition coefficient (Wildman–Crippen LogP) is 0.318. The van der Waals surface area contributed by atoms with Crippen molar-refractivity contribution in [1.82, 2.24) is 9.44 Å². The molecule has 0 bridgehead atoms. The van der Waals surface area contributed by atoms with Crippen molar-refractivity contribution < 1.29 is 18.3 Å². The van der Waals surface area contributed by atoms with Crippen LogP contribution in [0.15, 0.2) is 0 Å². The summed E-state index contributed by atoms with van der Waals surface area (Å²) in [5, 5.41) is 8.85. The van der Waals surface area contributed by atoms with Crippen LogP contribution in [0.25, 0.3) is 0 Å². The van der Waals surface area contributed by atoms with Gasteiger partial charge in [0.25, 0.3) is 10.2 Å². The Kier molecular flexibility index (Phi) is 4.90. The van der Waals surface area contributed by atoms with Crippen LogP contribution in [0.5, 0.6) is 0 Å². The largest absolute Gasteiger partial charge is 0.480 e. The molecular formula is C9H20N2O4S. The van der Waals surface area contributed by atoms with Crippen molar-refractivity contribution >= 4 is 16.2 Å². The van der Waals surface area contributed by atoms with Crippen LogP contribution in [0, 0.1) is 5.92 Å². The lowest BCUT2D eigenvalue weighted by molar-refractivity contribution is -0.140. The van der Waals surface area contributed by atoms with Gasteiger partial charge in [-0.2, -0.15) is 17.9 Å². The summed E-state index contributed by atoms with van der Waals surface area (Å²) in [6, 6.07) is -1.13. The number of carboxylic acids is 1. The van der Waals surface area contributed by atoms with Crippen molar-refractivity contribution in [3.63, 3.8) is 0 Å². The lowest BCUT2D eigenvalue weighted by Crippen LogP contribution is -2.53. The third kappa shape index (κ3) is 6.04. The average Bonchev–Trinajstić information content (AvgIpc) is 1.94. The van der Waals surface area contributed by atoms with Gasteiger partial charge in [0.05, 0.1) is 0 Å². The first kappa shape index (κ1) is 15.3. The maximum atomic E-state index is 11.6. The van der Waals surface area contributed by atoms with Gasteiger partial charge in [-0.15, -0.1) is 0 Å². The van der Waals surface area contributed by atoms with Gasteiger partial charge in [0.1, 0.15) is 6.04 Å². The normalized spacial score (nSPS) is 15.1. The van der Waals surface area contributed by atoms with Gasteiger partial charge in [0.15, 0.2) is 0 Å². The molecule has 0 amide bonds. The molecule has 0 aliphatic heterocycles. The zero-order valence-electron chi connectivity index (χ0n) is 10.2. The maximum Gasteiger partial charge on any atom is 0.322 e. The molecule has 0 aliphatic rings. The molecule has 3 N–H and O–H groups in total. The number of nitrogens with one attached hydrogen (secondary N) is 2. The van der Waals surface area contributed by atoms with Crippen LogP contribution >= 0.6 is 0 Å². The zero-order valence-corrected chi connectivity index (χ0v) is 11.1. The molecule has 0 aromatic heterocycles. The van der Waals surface area contributed by atoms with Crippen molar-refractivity contribution in [2.45, 2.75) is 46.2 Å². The second-order valence-corrected chi connectivity index (χ2v) is 6.48. The number of aliphatic carboxylic acids is 1. The van der Waals surface area contributed by atoms with E-state index in [4.69, 9.17) is 5.11 Å². The molecule has 16 heavy (non-hydrogen) atoms. The zero-order chi connectivity index (χ0) is 13.1.